The highest BCUT2D eigenvalue weighted by molar-refractivity contribution is 9.09. The van der Waals surface area contributed by atoms with Crippen molar-refractivity contribution in [2.45, 2.75) is 110 Å². The lowest BCUT2D eigenvalue weighted by Crippen LogP contribution is -2.16. The summed E-state index contributed by atoms with van der Waals surface area (Å²) in [4.78, 5) is 11.8. The van der Waals surface area contributed by atoms with Crippen molar-refractivity contribution in [2.75, 3.05) is 18.5 Å². The molecule has 0 spiro atoms. The lowest BCUT2D eigenvalue weighted by molar-refractivity contribution is 0.0407. The van der Waals surface area contributed by atoms with Crippen molar-refractivity contribution in [1.29, 1.82) is 0 Å². The molecule has 0 fully saturated rings. The minimum Gasteiger partial charge on any atom is -0.434 e. The summed E-state index contributed by atoms with van der Waals surface area (Å²) in [5, 5.41) is 1.01. The molecule has 0 saturated carbocycles. The first-order chi connectivity index (χ1) is 12.7. The zero-order valence-corrected chi connectivity index (χ0v) is 19.0. The molecular formula is C22H43BrO3. The summed E-state index contributed by atoms with van der Waals surface area (Å²) in [7, 11) is 0. The summed E-state index contributed by atoms with van der Waals surface area (Å²) in [6, 6.07) is 0. The molecule has 4 heteroatoms. The SMILES string of the molecule is CCCCCCCCC(CCCCCC)COC(=O)OCCCCCBr. The summed E-state index contributed by atoms with van der Waals surface area (Å²) in [6.45, 7) is 5.50. The largest absolute Gasteiger partial charge is 0.508 e. The van der Waals surface area contributed by atoms with Crippen LogP contribution in [0, 0.1) is 5.92 Å². The van der Waals surface area contributed by atoms with E-state index in [9.17, 15) is 4.79 Å². The van der Waals surface area contributed by atoms with Crippen LogP contribution in [0.2, 0.25) is 0 Å². The summed E-state index contributed by atoms with van der Waals surface area (Å²) >= 11 is 3.41. The molecule has 1 atom stereocenters. The quantitative estimate of drug-likeness (QED) is 0.117. The van der Waals surface area contributed by atoms with Gasteiger partial charge in [-0.3, -0.25) is 0 Å². The molecule has 26 heavy (non-hydrogen) atoms. The first-order valence-corrected chi connectivity index (χ1v) is 12.2. The van der Waals surface area contributed by atoms with Crippen molar-refractivity contribution in [2.24, 2.45) is 5.92 Å². The van der Waals surface area contributed by atoms with Gasteiger partial charge >= 0.3 is 6.16 Å². The Labute approximate surface area is 171 Å². The fourth-order valence-corrected chi connectivity index (χ4v) is 3.54. The van der Waals surface area contributed by atoms with Crippen molar-refractivity contribution in [1.82, 2.24) is 0 Å². The van der Waals surface area contributed by atoms with E-state index in [0.29, 0.717) is 19.1 Å². The molecule has 0 aliphatic carbocycles. The van der Waals surface area contributed by atoms with Gasteiger partial charge in [0.05, 0.1) is 13.2 Å². The van der Waals surface area contributed by atoms with E-state index in [1.807, 2.05) is 0 Å². The average molecular weight is 435 g/mol. The van der Waals surface area contributed by atoms with E-state index < -0.39 is 6.16 Å². The van der Waals surface area contributed by atoms with E-state index in [0.717, 1.165) is 24.6 Å². The number of halogens is 1. The Morgan fingerprint density at radius 1 is 0.731 bits per heavy atom. The number of carbonyl (C=O) groups is 1. The summed E-state index contributed by atoms with van der Waals surface area (Å²) in [5.74, 6) is 0.499. The van der Waals surface area contributed by atoms with Crippen LogP contribution in [0.5, 0.6) is 0 Å². The van der Waals surface area contributed by atoms with Crippen LogP contribution in [0.25, 0.3) is 0 Å². The second-order valence-electron chi connectivity index (χ2n) is 7.43. The fourth-order valence-electron chi connectivity index (χ4n) is 3.14. The van der Waals surface area contributed by atoms with Crippen LogP contribution in [-0.4, -0.2) is 24.7 Å². The van der Waals surface area contributed by atoms with Gasteiger partial charge in [0.25, 0.3) is 0 Å². The summed E-state index contributed by atoms with van der Waals surface area (Å²) < 4.78 is 10.6. The molecule has 0 N–H and O–H groups in total. The van der Waals surface area contributed by atoms with E-state index in [-0.39, 0.29) is 0 Å². The number of rotatable bonds is 19. The molecule has 0 amide bonds. The van der Waals surface area contributed by atoms with Crippen molar-refractivity contribution in [3.63, 3.8) is 0 Å². The Hall–Kier alpha value is -0.250. The molecule has 156 valence electrons. The monoisotopic (exact) mass is 434 g/mol. The number of ether oxygens (including phenoxy) is 2. The zero-order valence-electron chi connectivity index (χ0n) is 17.4. The molecule has 0 saturated heterocycles. The predicted molar refractivity (Wildman–Crippen MR) is 115 cm³/mol. The first kappa shape index (κ1) is 25.8. The van der Waals surface area contributed by atoms with Crippen LogP contribution < -0.4 is 0 Å². The Morgan fingerprint density at radius 3 is 1.88 bits per heavy atom. The van der Waals surface area contributed by atoms with E-state index in [1.165, 1.54) is 77.0 Å². The number of carbonyl (C=O) groups excluding carboxylic acids is 1. The van der Waals surface area contributed by atoms with Crippen LogP contribution >= 0.6 is 15.9 Å². The van der Waals surface area contributed by atoms with Gasteiger partial charge in [-0.2, -0.15) is 0 Å². The van der Waals surface area contributed by atoms with Crippen molar-refractivity contribution in [3.05, 3.63) is 0 Å². The topological polar surface area (TPSA) is 35.5 Å². The Kier molecular flexibility index (Phi) is 20.9. The smallest absolute Gasteiger partial charge is 0.434 e. The third kappa shape index (κ3) is 18.5. The van der Waals surface area contributed by atoms with E-state index in [2.05, 4.69) is 29.8 Å². The molecular weight excluding hydrogens is 392 g/mol. The van der Waals surface area contributed by atoms with Crippen LogP contribution in [0.3, 0.4) is 0 Å². The summed E-state index contributed by atoms with van der Waals surface area (Å²) in [6.07, 6.45) is 18.0. The minimum absolute atomic E-state index is 0.477. The van der Waals surface area contributed by atoms with E-state index in [4.69, 9.17) is 9.47 Å². The lowest BCUT2D eigenvalue weighted by Gasteiger charge is -2.17. The Balaban J connectivity index is 3.91. The second kappa shape index (κ2) is 21.1. The minimum atomic E-state index is -0.481. The number of unbranched alkanes of at least 4 members (excludes halogenated alkanes) is 10. The van der Waals surface area contributed by atoms with E-state index >= 15 is 0 Å². The van der Waals surface area contributed by atoms with Gasteiger partial charge in [0.15, 0.2) is 0 Å². The molecule has 0 heterocycles. The second-order valence-corrected chi connectivity index (χ2v) is 8.22. The van der Waals surface area contributed by atoms with Crippen molar-refractivity contribution in [3.8, 4) is 0 Å². The Bertz CT molecular complexity index is 297. The number of hydrogen-bond donors (Lipinski definition) is 0. The summed E-state index contributed by atoms with van der Waals surface area (Å²) in [5.41, 5.74) is 0. The maximum Gasteiger partial charge on any atom is 0.508 e. The molecule has 0 bridgehead atoms. The maximum absolute atomic E-state index is 11.8. The molecule has 0 rings (SSSR count). The fraction of sp³-hybridized carbons (Fsp3) is 0.955. The molecule has 0 radical (unpaired) electrons. The van der Waals surface area contributed by atoms with Gasteiger partial charge in [0.1, 0.15) is 0 Å². The lowest BCUT2D eigenvalue weighted by atomic mass is 9.95. The highest BCUT2D eigenvalue weighted by Crippen LogP contribution is 2.19. The number of hydrogen-bond acceptors (Lipinski definition) is 3. The van der Waals surface area contributed by atoms with Gasteiger partial charge in [-0.25, -0.2) is 4.79 Å². The predicted octanol–water partition coefficient (Wildman–Crippen LogP) is 8.04. The highest BCUT2D eigenvalue weighted by Gasteiger charge is 2.13. The van der Waals surface area contributed by atoms with Gasteiger partial charge in [0, 0.05) is 5.33 Å². The normalized spacial score (nSPS) is 12.1. The molecule has 0 aliphatic heterocycles. The third-order valence-electron chi connectivity index (χ3n) is 4.87. The van der Waals surface area contributed by atoms with Gasteiger partial charge in [-0.1, -0.05) is 94.0 Å². The molecule has 1 unspecified atom stereocenters. The molecule has 0 aromatic rings. The van der Waals surface area contributed by atoms with Crippen LogP contribution in [0.15, 0.2) is 0 Å². The van der Waals surface area contributed by atoms with Gasteiger partial charge in [0.2, 0.25) is 0 Å². The van der Waals surface area contributed by atoms with Crippen LogP contribution in [-0.2, 0) is 9.47 Å². The number of alkyl halides is 1. The maximum atomic E-state index is 11.8. The van der Waals surface area contributed by atoms with Crippen molar-refractivity contribution < 1.29 is 14.3 Å². The molecule has 0 aromatic carbocycles. The molecule has 3 nitrogen and oxygen atoms in total. The van der Waals surface area contributed by atoms with Crippen LogP contribution in [0.1, 0.15) is 110 Å². The average Bonchev–Trinajstić information content (AvgIpc) is 2.65. The molecule has 0 aromatic heterocycles. The van der Waals surface area contributed by atoms with Crippen molar-refractivity contribution >= 4 is 22.1 Å². The van der Waals surface area contributed by atoms with Gasteiger partial charge < -0.3 is 9.47 Å². The Morgan fingerprint density at radius 2 is 1.27 bits per heavy atom. The zero-order chi connectivity index (χ0) is 19.3. The first-order valence-electron chi connectivity index (χ1n) is 11.1. The molecule has 0 aliphatic rings. The standard InChI is InChI=1S/C22H43BrO3/c1-3-5-7-9-10-13-17-21(16-12-8-6-4-2)20-26-22(24)25-19-15-11-14-18-23/h21H,3-20H2,1-2H3. The van der Waals surface area contributed by atoms with Gasteiger partial charge in [-0.15, -0.1) is 0 Å². The third-order valence-corrected chi connectivity index (χ3v) is 5.43. The van der Waals surface area contributed by atoms with Gasteiger partial charge in [-0.05, 0) is 38.0 Å². The van der Waals surface area contributed by atoms with E-state index in [1.54, 1.807) is 0 Å². The highest BCUT2D eigenvalue weighted by atomic mass is 79.9. The van der Waals surface area contributed by atoms with Crippen LogP contribution in [0.4, 0.5) is 4.79 Å².